The molecular formula is C25H30N2O+2. The van der Waals surface area contributed by atoms with Gasteiger partial charge in [0.05, 0.1) is 6.61 Å². The lowest BCUT2D eigenvalue weighted by Gasteiger charge is -2.26. The molecule has 2 unspecified atom stereocenters. The normalized spacial score (nSPS) is 21.5. The second-order valence-electron chi connectivity index (χ2n) is 7.55. The molecule has 3 aromatic rings. The van der Waals surface area contributed by atoms with Crippen LogP contribution in [0.3, 0.4) is 0 Å². The first kappa shape index (κ1) is 18.7. The predicted molar refractivity (Wildman–Crippen MR) is 112 cm³/mol. The van der Waals surface area contributed by atoms with Crippen molar-refractivity contribution in [2.24, 2.45) is 0 Å². The third-order valence-corrected chi connectivity index (χ3v) is 5.66. The van der Waals surface area contributed by atoms with Crippen LogP contribution in [0, 0.1) is 0 Å². The number of ether oxygens (including phenoxy) is 1. The van der Waals surface area contributed by atoms with Crippen molar-refractivity contribution >= 4 is 0 Å². The van der Waals surface area contributed by atoms with Gasteiger partial charge in [0.1, 0.15) is 37.5 Å². The minimum atomic E-state index is 0.378. The summed E-state index contributed by atoms with van der Waals surface area (Å²) < 4.78 is 6.02. The third-order valence-electron chi connectivity index (χ3n) is 5.66. The van der Waals surface area contributed by atoms with Crippen LogP contribution in [0.2, 0.25) is 0 Å². The zero-order valence-corrected chi connectivity index (χ0v) is 16.6. The van der Waals surface area contributed by atoms with Gasteiger partial charge in [0, 0.05) is 11.1 Å². The summed E-state index contributed by atoms with van der Waals surface area (Å²) in [5, 5.41) is 0. The van der Waals surface area contributed by atoms with Gasteiger partial charge in [-0.25, -0.2) is 0 Å². The number of para-hydroxylation sites is 1. The van der Waals surface area contributed by atoms with E-state index in [0.717, 1.165) is 18.8 Å². The van der Waals surface area contributed by atoms with Crippen LogP contribution in [0.4, 0.5) is 0 Å². The Hall–Kier alpha value is -2.62. The van der Waals surface area contributed by atoms with Crippen molar-refractivity contribution in [3.8, 4) is 5.75 Å². The van der Waals surface area contributed by atoms with E-state index in [-0.39, 0.29) is 0 Å². The summed E-state index contributed by atoms with van der Waals surface area (Å²) in [6, 6.07) is 30.3. The summed E-state index contributed by atoms with van der Waals surface area (Å²) in [6.45, 7) is 7.19. The predicted octanol–water partition coefficient (Wildman–Crippen LogP) is 2.27. The molecule has 144 valence electrons. The number of hydrogen-bond donors (Lipinski definition) is 2. The van der Waals surface area contributed by atoms with Crippen LogP contribution in [0.1, 0.15) is 29.8 Å². The third kappa shape index (κ3) is 4.27. The van der Waals surface area contributed by atoms with E-state index in [4.69, 9.17) is 4.74 Å². The highest BCUT2D eigenvalue weighted by Crippen LogP contribution is 2.22. The Bertz CT molecular complexity index is 816. The van der Waals surface area contributed by atoms with Gasteiger partial charge < -0.3 is 4.74 Å². The van der Waals surface area contributed by atoms with Crippen molar-refractivity contribution in [3.63, 3.8) is 0 Å². The van der Waals surface area contributed by atoms with Gasteiger partial charge in [0.15, 0.2) is 0 Å². The molecular weight excluding hydrogens is 344 g/mol. The monoisotopic (exact) mass is 374 g/mol. The van der Waals surface area contributed by atoms with E-state index in [9.17, 15) is 0 Å². The van der Waals surface area contributed by atoms with Crippen LogP contribution in [0.25, 0.3) is 0 Å². The largest absolute Gasteiger partial charge is 0.493 e. The molecule has 2 N–H and O–H groups in total. The molecule has 3 aromatic carbocycles. The molecule has 1 heterocycles. The van der Waals surface area contributed by atoms with E-state index in [1.165, 1.54) is 29.8 Å². The fraction of sp³-hybridized carbons (Fsp3) is 0.280. The minimum absolute atomic E-state index is 0.378. The molecule has 1 aliphatic heterocycles. The van der Waals surface area contributed by atoms with Crippen molar-refractivity contribution in [1.29, 1.82) is 0 Å². The quantitative estimate of drug-likeness (QED) is 0.649. The summed E-state index contributed by atoms with van der Waals surface area (Å²) >= 11 is 0. The topological polar surface area (TPSA) is 18.1 Å². The summed E-state index contributed by atoms with van der Waals surface area (Å²) in [7, 11) is 0. The molecule has 28 heavy (non-hydrogen) atoms. The number of quaternary nitrogens is 2. The maximum absolute atomic E-state index is 6.02. The average Bonchev–Trinajstić information content (AvgIpc) is 3.12. The molecule has 1 aliphatic rings. The molecule has 1 fully saturated rings. The Morgan fingerprint density at radius 1 is 0.714 bits per heavy atom. The van der Waals surface area contributed by atoms with Crippen LogP contribution in [-0.4, -0.2) is 19.7 Å². The second kappa shape index (κ2) is 9.05. The lowest BCUT2D eigenvalue weighted by atomic mass is 10.1. The molecule has 0 aromatic heterocycles. The molecule has 0 spiro atoms. The zero-order valence-electron chi connectivity index (χ0n) is 16.6. The Morgan fingerprint density at radius 3 is 1.75 bits per heavy atom. The van der Waals surface area contributed by atoms with Crippen molar-refractivity contribution in [1.82, 2.24) is 0 Å². The van der Waals surface area contributed by atoms with Gasteiger partial charge in [0.25, 0.3) is 0 Å². The van der Waals surface area contributed by atoms with E-state index in [2.05, 4.69) is 91.9 Å². The SMILES string of the molecule is CCOc1ccccc1C1[NH+](Cc2ccccc2)CC[NH+]1Cc1ccccc1. The van der Waals surface area contributed by atoms with Crippen LogP contribution in [-0.2, 0) is 13.1 Å². The molecule has 0 radical (unpaired) electrons. The first-order valence-electron chi connectivity index (χ1n) is 10.3. The fourth-order valence-corrected chi connectivity index (χ4v) is 4.44. The van der Waals surface area contributed by atoms with Crippen LogP contribution < -0.4 is 14.5 Å². The van der Waals surface area contributed by atoms with Crippen molar-refractivity contribution in [2.45, 2.75) is 26.2 Å². The molecule has 3 heteroatoms. The summed E-state index contributed by atoms with van der Waals surface area (Å²) in [4.78, 5) is 3.23. The molecule has 0 amide bonds. The Morgan fingerprint density at radius 2 is 1.21 bits per heavy atom. The molecule has 0 bridgehead atoms. The Kier molecular flexibility index (Phi) is 6.05. The summed E-state index contributed by atoms with van der Waals surface area (Å²) in [5.41, 5.74) is 4.13. The number of nitrogens with one attached hydrogen (secondary N) is 2. The van der Waals surface area contributed by atoms with Gasteiger partial charge in [-0.3, -0.25) is 9.80 Å². The maximum atomic E-state index is 6.02. The first-order valence-corrected chi connectivity index (χ1v) is 10.3. The molecule has 2 atom stereocenters. The highest BCUT2D eigenvalue weighted by atomic mass is 16.5. The molecule has 3 nitrogen and oxygen atoms in total. The molecule has 0 saturated carbocycles. The Labute approximate surface area is 168 Å². The van der Waals surface area contributed by atoms with Crippen LogP contribution in [0.5, 0.6) is 5.75 Å². The summed E-state index contributed by atoms with van der Waals surface area (Å²) in [5.74, 6) is 1.04. The van der Waals surface area contributed by atoms with E-state index >= 15 is 0 Å². The van der Waals surface area contributed by atoms with Gasteiger partial charge >= 0.3 is 0 Å². The van der Waals surface area contributed by atoms with Gasteiger partial charge in [0.2, 0.25) is 6.17 Å². The highest BCUT2D eigenvalue weighted by molar-refractivity contribution is 5.34. The van der Waals surface area contributed by atoms with Crippen LogP contribution in [0.15, 0.2) is 84.9 Å². The van der Waals surface area contributed by atoms with E-state index < -0.39 is 0 Å². The minimum Gasteiger partial charge on any atom is -0.493 e. The van der Waals surface area contributed by atoms with E-state index in [0.29, 0.717) is 12.8 Å². The zero-order chi connectivity index (χ0) is 19.2. The van der Waals surface area contributed by atoms with Crippen molar-refractivity contribution < 1.29 is 14.5 Å². The van der Waals surface area contributed by atoms with Crippen LogP contribution >= 0.6 is 0 Å². The lowest BCUT2D eigenvalue weighted by Crippen LogP contribution is -3.22. The van der Waals surface area contributed by atoms with Gasteiger partial charge in [-0.1, -0.05) is 72.8 Å². The lowest BCUT2D eigenvalue weighted by molar-refractivity contribution is -1.09. The average molecular weight is 375 g/mol. The van der Waals surface area contributed by atoms with E-state index in [1.54, 1.807) is 9.80 Å². The highest BCUT2D eigenvalue weighted by Gasteiger charge is 2.42. The second-order valence-corrected chi connectivity index (χ2v) is 7.55. The molecule has 1 saturated heterocycles. The van der Waals surface area contributed by atoms with Gasteiger partial charge in [-0.2, -0.15) is 0 Å². The van der Waals surface area contributed by atoms with Gasteiger partial charge in [-0.15, -0.1) is 0 Å². The van der Waals surface area contributed by atoms with E-state index in [1.807, 2.05) is 0 Å². The van der Waals surface area contributed by atoms with Gasteiger partial charge in [-0.05, 0) is 19.1 Å². The van der Waals surface area contributed by atoms with Crippen molar-refractivity contribution in [3.05, 3.63) is 102 Å². The smallest absolute Gasteiger partial charge is 0.244 e. The molecule has 0 aliphatic carbocycles. The standard InChI is InChI=1S/C25H28N2O/c1-2-28-24-16-10-9-15-23(24)25-26(19-21-11-5-3-6-12-21)17-18-27(25)20-22-13-7-4-8-14-22/h3-16,25H,2,17-20H2,1H3/p+2. The number of hydrogen-bond acceptors (Lipinski definition) is 1. The van der Waals surface area contributed by atoms with Crippen molar-refractivity contribution in [2.75, 3.05) is 19.7 Å². The molecule has 4 rings (SSSR count). The maximum Gasteiger partial charge on any atom is 0.244 e. The fourth-order valence-electron chi connectivity index (χ4n) is 4.44. The summed E-state index contributed by atoms with van der Waals surface area (Å²) in [6.07, 6.45) is 0.378. The Balaban J connectivity index is 1.65. The number of benzene rings is 3. The number of rotatable bonds is 7. The first-order chi connectivity index (χ1) is 13.8.